The van der Waals surface area contributed by atoms with Crippen molar-refractivity contribution in [3.05, 3.63) is 0 Å². The molecule has 1 amide bonds. The van der Waals surface area contributed by atoms with E-state index in [2.05, 4.69) is 0 Å². The molecule has 0 saturated carbocycles. The Hall–Kier alpha value is -1.01. The van der Waals surface area contributed by atoms with Gasteiger partial charge in [0.05, 0.1) is 6.61 Å². The van der Waals surface area contributed by atoms with E-state index >= 15 is 0 Å². The normalized spacial score (nSPS) is 22.8. The van der Waals surface area contributed by atoms with E-state index in [4.69, 9.17) is 15.2 Å². The zero-order valence-electron chi connectivity index (χ0n) is 12.5. The summed E-state index contributed by atoms with van der Waals surface area (Å²) in [5.41, 5.74) is 5.26. The lowest BCUT2D eigenvalue weighted by Gasteiger charge is -2.37. The molecule has 6 nitrogen and oxygen atoms in total. The summed E-state index contributed by atoms with van der Waals surface area (Å²) in [6.45, 7) is 7.71. The molecule has 0 aliphatic carbocycles. The highest BCUT2D eigenvalue weighted by molar-refractivity contribution is 5.85. The Morgan fingerprint density at radius 3 is 2.40 bits per heavy atom. The molecule has 0 spiro atoms. The molecule has 2 atom stereocenters. The Morgan fingerprint density at radius 2 is 1.90 bits per heavy atom. The van der Waals surface area contributed by atoms with E-state index in [1.165, 1.54) is 4.90 Å². The predicted molar refractivity (Wildman–Crippen MR) is 77.8 cm³/mol. The number of halogens is 1. The van der Waals surface area contributed by atoms with Gasteiger partial charge in [0.1, 0.15) is 11.6 Å². The second-order valence-corrected chi connectivity index (χ2v) is 5.74. The minimum absolute atomic E-state index is 0. The van der Waals surface area contributed by atoms with Crippen LogP contribution in [0, 0.1) is 0 Å². The number of ether oxygens (including phenoxy) is 2. The molecule has 1 aliphatic rings. The summed E-state index contributed by atoms with van der Waals surface area (Å²) in [4.78, 5) is 25.4. The summed E-state index contributed by atoms with van der Waals surface area (Å²) in [5, 5.41) is 0. The van der Waals surface area contributed by atoms with Gasteiger partial charge in [-0.3, -0.25) is 4.90 Å². The Balaban J connectivity index is 0.00000361. The summed E-state index contributed by atoms with van der Waals surface area (Å²) < 4.78 is 10.3. The SMILES string of the molecule is CCOC(=O)C1CCC(N)CN1C(=O)OC(C)(C)C.Cl. The molecule has 7 heteroatoms. The van der Waals surface area contributed by atoms with Crippen LogP contribution in [0.15, 0.2) is 0 Å². The second kappa shape index (κ2) is 7.69. The van der Waals surface area contributed by atoms with E-state index in [9.17, 15) is 9.59 Å². The molecule has 0 radical (unpaired) electrons. The lowest BCUT2D eigenvalue weighted by molar-refractivity contribution is -0.150. The van der Waals surface area contributed by atoms with Crippen molar-refractivity contribution in [2.75, 3.05) is 13.2 Å². The van der Waals surface area contributed by atoms with E-state index in [1.54, 1.807) is 27.7 Å². The lowest BCUT2D eigenvalue weighted by atomic mass is 9.99. The van der Waals surface area contributed by atoms with Gasteiger partial charge in [-0.25, -0.2) is 9.59 Å². The number of piperidine rings is 1. The summed E-state index contributed by atoms with van der Waals surface area (Å²) in [6, 6.07) is -0.715. The number of rotatable bonds is 2. The van der Waals surface area contributed by atoms with E-state index in [1.807, 2.05) is 0 Å². The number of carbonyl (C=O) groups excluding carboxylic acids is 2. The maximum absolute atomic E-state index is 12.1. The number of likely N-dealkylation sites (tertiary alicyclic amines) is 1. The summed E-state index contributed by atoms with van der Waals surface area (Å²) >= 11 is 0. The highest BCUT2D eigenvalue weighted by Gasteiger charge is 2.37. The molecule has 0 aromatic heterocycles. The van der Waals surface area contributed by atoms with Crippen LogP contribution in [0.2, 0.25) is 0 Å². The Labute approximate surface area is 126 Å². The van der Waals surface area contributed by atoms with Crippen LogP contribution in [0.4, 0.5) is 4.79 Å². The van der Waals surface area contributed by atoms with Gasteiger partial charge < -0.3 is 15.2 Å². The molecule has 2 unspecified atom stereocenters. The Morgan fingerprint density at radius 1 is 1.30 bits per heavy atom. The largest absolute Gasteiger partial charge is 0.464 e. The maximum atomic E-state index is 12.1. The first-order chi connectivity index (χ1) is 8.74. The number of carbonyl (C=O) groups is 2. The average Bonchev–Trinajstić information content (AvgIpc) is 2.26. The van der Waals surface area contributed by atoms with Gasteiger partial charge in [-0.05, 0) is 40.5 Å². The molecule has 1 aliphatic heterocycles. The highest BCUT2D eigenvalue weighted by atomic mass is 35.5. The third kappa shape index (κ3) is 5.54. The molecule has 0 bridgehead atoms. The van der Waals surface area contributed by atoms with Gasteiger partial charge in [0.2, 0.25) is 0 Å². The van der Waals surface area contributed by atoms with Gasteiger partial charge >= 0.3 is 12.1 Å². The van der Waals surface area contributed by atoms with E-state index in [-0.39, 0.29) is 24.4 Å². The first kappa shape index (κ1) is 19.0. The lowest BCUT2D eigenvalue weighted by Crippen LogP contribution is -2.55. The number of nitrogens with zero attached hydrogens (tertiary/aromatic N) is 1. The molecule has 0 aromatic rings. The van der Waals surface area contributed by atoms with Crippen molar-refractivity contribution in [2.24, 2.45) is 5.73 Å². The van der Waals surface area contributed by atoms with E-state index in [0.717, 1.165) is 0 Å². The van der Waals surface area contributed by atoms with Crippen LogP contribution in [0.1, 0.15) is 40.5 Å². The smallest absolute Gasteiger partial charge is 0.411 e. The molecule has 1 heterocycles. The first-order valence-corrected chi connectivity index (χ1v) is 6.66. The van der Waals surface area contributed by atoms with Crippen LogP contribution in [0.25, 0.3) is 0 Å². The van der Waals surface area contributed by atoms with Crippen LogP contribution in [0.3, 0.4) is 0 Å². The van der Waals surface area contributed by atoms with Crippen LogP contribution >= 0.6 is 12.4 Å². The molecule has 118 valence electrons. The van der Waals surface area contributed by atoms with E-state index < -0.39 is 17.7 Å². The third-order valence-corrected chi connectivity index (χ3v) is 2.81. The van der Waals surface area contributed by atoms with Crippen LogP contribution in [-0.2, 0) is 14.3 Å². The van der Waals surface area contributed by atoms with Crippen LogP contribution < -0.4 is 5.73 Å². The predicted octanol–water partition coefficient (Wildman–Crippen LogP) is 1.70. The second-order valence-electron chi connectivity index (χ2n) is 5.74. The van der Waals surface area contributed by atoms with Gasteiger partial charge in [-0.1, -0.05) is 0 Å². The summed E-state index contributed by atoms with van der Waals surface area (Å²) in [7, 11) is 0. The van der Waals surface area contributed by atoms with Crippen molar-refractivity contribution in [3.8, 4) is 0 Å². The highest BCUT2D eigenvalue weighted by Crippen LogP contribution is 2.21. The molecule has 2 N–H and O–H groups in total. The van der Waals surface area contributed by atoms with Gasteiger partial charge in [-0.15, -0.1) is 12.4 Å². The van der Waals surface area contributed by atoms with Crippen molar-refractivity contribution < 1.29 is 19.1 Å². The Bertz CT molecular complexity index is 344. The molecule has 1 rings (SSSR count). The zero-order chi connectivity index (χ0) is 14.6. The van der Waals surface area contributed by atoms with Crippen LogP contribution in [-0.4, -0.2) is 47.8 Å². The van der Waals surface area contributed by atoms with Gasteiger partial charge in [-0.2, -0.15) is 0 Å². The van der Waals surface area contributed by atoms with Crippen molar-refractivity contribution in [3.63, 3.8) is 0 Å². The molecule has 20 heavy (non-hydrogen) atoms. The standard InChI is InChI=1S/C13H24N2O4.ClH/c1-5-18-11(16)10-7-6-9(14)8-15(10)12(17)19-13(2,3)4;/h9-10H,5-8,14H2,1-4H3;1H. The van der Waals surface area contributed by atoms with Gasteiger partial charge in [0.25, 0.3) is 0 Å². The topological polar surface area (TPSA) is 81.9 Å². The minimum atomic E-state index is -0.599. The van der Waals surface area contributed by atoms with Crippen molar-refractivity contribution in [1.82, 2.24) is 4.90 Å². The van der Waals surface area contributed by atoms with Crippen molar-refractivity contribution >= 4 is 24.5 Å². The van der Waals surface area contributed by atoms with Gasteiger partial charge in [0, 0.05) is 12.6 Å². The van der Waals surface area contributed by atoms with E-state index in [0.29, 0.717) is 26.0 Å². The van der Waals surface area contributed by atoms with Gasteiger partial charge in [0.15, 0.2) is 0 Å². The maximum Gasteiger partial charge on any atom is 0.411 e. The van der Waals surface area contributed by atoms with Crippen LogP contribution in [0.5, 0.6) is 0 Å². The number of amides is 1. The third-order valence-electron chi connectivity index (χ3n) is 2.81. The summed E-state index contributed by atoms with van der Waals surface area (Å²) in [5.74, 6) is -0.389. The number of nitrogens with two attached hydrogens (primary N) is 1. The summed E-state index contributed by atoms with van der Waals surface area (Å²) in [6.07, 6.45) is 0.697. The molecule has 1 fully saturated rings. The monoisotopic (exact) mass is 308 g/mol. The fourth-order valence-corrected chi connectivity index (χ4v) is 2.00. The quantitative estimate of drug-likeness (QED) is 0.785. The molecular formula is C13H25ClN2O4. The van der Waals surface area contributed by atoms with Crippen molar-refractivity contribution in [1.29, 1.82) is 0 Å². The Kier molecular flexibility index (Phi) is 7.30. The number of hydrogen-bond acceptors (Lipinski definition) is 5. The molecule has 0 aromatic carbocycles. The number of hydrogen-bond donors (Lipinski definition) is 1. The minimum Gasteiger partial charge on any atom is -0.464 e. The fraction of sp³-hybridized carbons (Fsp3) is 0.846. The zero-order valence-corrected chi connectivity index (χ0v) is 13.4. The molecule has 1 saturated heterocycles. The first-order valence-electron chi connectivity index (χ1n) is 6.66. The average molecular weight is 309 g/mol. The van der Waals surface area contributed by atoms with Crippen molar-refractivity contribution in [2.45, 2.75) is 58.2 Å². The number of esters is 1. The fourth-order valence-electron chi connectivity index (χ4n) is 2.00. The molecular weight excluding hydrogens is 284 g/mol.